The Morgan fingerprint density at radius 2 is 2.14 bits per heavy atom. The molecule has 0 bridgehead atoms. The highest BCUT2D eigenvalue weighted by Gasteiger charge is 2.28. The molecule has 1 aliphatic heterocycles. The van der Waals surface area contributed by atoms with Gasteiger partial charge in [0.15, 0.2) is 0 Å². The SMILES string of the molecule is O=C1NCCCc2ccc(C(O)COCC(F)(F)F)cc21. The molecule has 4 nitrogen and oxygen atoms in total. The lowest BCUT2D eigenvalue weighted by atomic mass is 9.98. The fourth-order valence-corrected chi connectivity index (χ4v) is 2.19. The Morgan fingerprint density at radius 1 is 1.38 bits per heavy atom. The van der Waals surface area contributed by atoms with Crippen molar-refractivity contribution >= 4 is 5.91 Å². The number of rotatable bonds is 4. The van der Waals surface area contributed by atoms with Crippen LogP contribution in [0.2, 0.25) is 0 Å². The number of halogens is 3. The molecule has 0 saturated carbocycles. The molecule has 2 N–H and O–H groups in total. The standard InChI is InChI=1S/C14H16F3NO3/c15-14(16,17)8-21-7-12(19)10-4-3-9-2-1-5-18-13(20)11(9)6-10/h3-4,6,12,19H,1-2,5,7-8H2,(H,18,20). The van der Waals surface area contributed by atoms with Gasteiger partial charge >= 0.3 is 6.18 Å². The van der Waals surface area contributed by atoms with E-state index in [-0.39, 0.29) is 5.91 Å². The minimum Gasteiger partial charge on any atom is -0.386 e. The smallest absolute Gasteiger partial charge is 0.386 e. The van der Waals surface area contributed by atoms with Crippen LogP contribution in [0, 0.1) is 0 Å². The number of carbonyl (C=O) groups is 1. The van der Waals surface area contributed by atoms with Gasteiger partial charge in [0.05, 0.1) is 6.61 Å². The molecule has 1 amide bonds. The summed E-state index contributed by atoms with van der Waals surface area (Å²) in [5.41, 5.74) is 1.70. The second kappa shape index (κ2) is 6.44. The van der Waals surface area contributed by atoms with Gasteiger partial charge in [0.2, 0.25) is 0 Å². The molecule has 1 aliphatic rings. The van der Waals surface area contributed by atoms with Crippen LogP contribution in [0.3, 0.4) is 0 Å². The van der Waals surface area contributed by atoms with Gasteiger partial charge in [-0.05, 0) is 30.0 Å². The summed E-state index contributed by atoms with van der Waals surface area (Å²) in [5.74, 6) is -0.229. The van der Waals surface area contributed by atoms with Gasteiger partial charge < -0.3 is 15.2 Å². The highest BCUT2D eigenvalue weighted by molar-refractivity contribution is 5.96. The van der Waals surface area contributed by atoms with Crippen molar-refractivity contribution in [2.45, 2.75) is 25.1 Å². The van der Waals surface area contributed by atoms with Gasteiger partial charge in [-0.15, -0.1) is 0 Å². The van der Waals surface area contributed by atoms with Crippen LogP contribution in [0.1, 0.15) is 34.0 Å². The Bertz CT molecular complexity index is 517. The molecule has 116 valence electrons. The lowest BCUT2D eigenvalue weighted by Gasteiger charge is -2.15. The molecule has 21 heavy (non-hydrogen) atoms. The first kappa shape index (κ1) is 15.8. The first-order chi connectivity index (χ1) is 9.87. The summed E-state index contributed by atoms with van der Waals surface area (Å²) in [6, 6.07) is 4.85. The number of carbonyl (C=O) groups excluding carboxylic acids is 1. The summed E-state index contributed by atoms with van der Waals surface area (Å²) in [5, 5.41) is 12.6. The molecule has 0 radical (unpaired) electrons. The molecule has 1 aromatic carbocycles. The van der Waals surface area contributed by atoms with Gasteiger partial charge in [-0.2, -0.15) is 13.2 Å². The van der Waals surface area contributed by atoms with Crippen LogP contribution in [0.4, 0.5) is 13.2 Å². The summed E-state index contributed by atoms with van der Waals surface area (Å²) in [6.45, 7) is -1.30. The van der Waals surface area contributed by atoms with Crippen LogP contribution in [0.25, 0.3) is 0 Å². The normalized spacial score (nSPS) is 16.9. The van der Waals surface area contributed by atoms with Gasteiger partial charge in [0.25, 0.3) is 5.91 Å². The van der Waals surface area contributed by atoms with E-state index < -0.39 is 25.5 Å². The highest BCUT2D eigenvalue weighted by Crippen LogP contribution is 2.22. The molecule has 1 atom stereocenters. The van der Waals surface area contributed by atoms with E-state index in [9.17, 15) is 23.1 Å². The number of aliphatic hydroxyl groups is 1. The maximum absolute atomic E-state index is 12.0. The predicted molar refractivity (Wildman–Crippen MR) is 68.9 cm³/mol. The van der Waals surface area contributed by atoms with Crippen LogP contribution in [-0.4, -0.2) is 36.9 Å². The second-order valence-electron chi connectivity index (χ2n) is 4.92. The van der Waals surface area contributed by atoms with Crippen molar-refractivity contribution in [1.82, 2.24) is 5.32 Å². The third-order valence-corrected chi connectivity index (χ3v) is 3.21. The zero-order valence-corrected chi connectivity index (χ0v) is 11.2. The molecule has 0 saturated heterocycles. The number of alkyl halides is 3. The first-order valence-electron chi connectivity index (χ1n) is 6.60. The van der Waals surface area contributed by atoms with Crippen LogP contribution in [0.15, 0.2) is 18.2 Å². The lowest BCUT2D eigenvalue weighted by Crippen LogP contribution is -2.23. The maximum atomic E-state index is 12.0. The second-order valence-corrected chi connectivity index (χ2v) is 4.92. The van der Waals surface area contributed by atoms with E-state index in [2.05, 4.69) is 10.1 Å². The van der Waals surface area contributed by atoms with E-state index in [1.165, 1.54) is 6.07 Å². The van der Waals surface area contributed by atoms with Gasteiger partial charge in [0.1, 0.15) is 12.7 Å². The number of aliphatic hydroxyl groups excluding tert-OH is 1. The van der Waals surface area contributed by atoms with Crippen molar-refractivity contribution in [3.8, 4) is 0 Å². The molecular weight excluding hydrogens is 287 g/mol. The molecule has 1 heterocycles. The minimum atomic E-state index is -4.42. The Kier molecular flexibility index (Phi) is 4.84. The van der Waals surface area contributed by atoms with Crippen molar-refractivity contribution in [2.24, 2.45) is 0 Å². The van der Waals surface area contributed by atoms with E-state index in [1.54, 1.807) is 12.1 Å². The van der Waals surface area contributed by atoms with Crippen LogP contribution < -0.4 is 5.32 Å². The Hall–Kier alpha value is -1.60. The highest BCUT2D eigenvalue weighted by atomic mass is 19.4. The van der Waals surface area contributed by atoms with Crippen LogP contribution in [-0.2, 0) is 11.2 Å². The summed E-state index contributed by atoms with van der Waals surface area (Å²) in [7, 11) is 0. The van der Waals surface area contributed by atoms with Crippen molar-refractivity contribution in [3.63, 3.8) is 0 Å². The third kappa shape index (κ3) is 4.44. The maximum Gasteiger partial charge on any atom is 0.411 e. The van der Waals surface area contributed by atoms with Crippen molar-refractivity contribution in [2.75, 3.05) is 19.8 Å². The van der Waals surface area contributed by atoms with Crippen LogP contribution in [0.5, 0.6) is 0 Å². The topological polar surface area (TPSA) is 58.6 Å². The average molecular weight is 303 g/mol. The number of hydrogen-bond acceptors (Lipinski definition) is 3. The van der Waals surface area contributed by atoms with Crippen molar-refractivity contribution < 1.29 is 27.8 Å². The van der Waals surface area contributed by atoms with E-state index in [0.717, 1.165) is 18.4 Å². The number of fused-ring (bicyclic) bond motifs is 1. The fourth-order valence-electron chi connectivity index (χ4n) is 2.19. The molecule has 7 heteroatoms. The van der Waals surface area contributed by atoms with Gasteiger partial charge in [-0.1, -0.05) is 12.1 Å². The predicted octanol–water partition coefficient (Wildman–Crippen LogP) is 1.97. The molecule has 1 aromatic rings. The number of hydrogen-bond donors (Lipinski definition) is 2. The zero-order chi connectivity index (χ0) is 15.5. The number of amides is 1. The Labute approximate surface area is 119 Å². The molecule has 0 aromatic heterocycles. The quantitative estimate of drug-likeness (QED) is 0.894. The Morgan fingerprint density at radius 3 is 2.86 bits per heavy atom. The largest absolute Gasteiger partial charge is 0.411 e. The van der Waals surface area contributed by atoms with Gasteiger partial charge in [-0.25, -0.2) is 0 Å². The monoisotopic (exact) mass is 303 g/mol. The zero-order valence-electron chi connectivity index (χ0n) is 11.2. The Balaban J connectivity index is 2.05. The summed E-state index contributed by atoms with van der Waals surface area (Å²) >= 11 is 0. The lowest BCUT2D eigenvalue weighted by molar-refractivity contribution is -0.179. The number of ether oxygens (including phenoxy) is 1. The van der Waals surface area contributed by atoms with E-state index >= 15 is 0 Å². The molecule has 0 fully saturated rings. The minimum absolute atomic E-state index is 0.229. The van der Waals surface area contributed by atoms with E-state index in [4.69, 9.17) is 0 Å². The summed E-state index contributed by atoms with van der Waals surface area (Å²) in [6.07, 6.45) is -4.05. The molecule has 0 spiro atoms. The number of nitrogens with one attached hydrogen (secondary N) is 1. The van der Waals surface area contributed by atoms with Crippen molar-refractivity contribution in [1.29, 1.82) is 0 Å². The van der Waals surface area contributed by atoms with Crippen molar-refractivity contribution in [3.05, 3.63) is 34.9 Å². The molecule has 1 unspecified atom stereocenters. The first-order valence-corrected chi connectivity index (χ1v) is 6.60. The van der Waals surface area contributed by atoms with Crippen LogP contribution >= 0.6 is 0 Å². The van der Waals surface area contributed by atoms with Gasteiger partial charge in [0, 0.05) is 12.1 Å². The number of aryl methyl sites for hydroxylation is 1. The summed E-state index contributed by atoms with van der Waals surface area (Å²) < 4.78 is 40.3. The molecular formula is C14H16F3NO3. The number of benzene rings is 1. The summed E-state index contributed by atoms with van der Waals surface area (Å²) in [4.78, 5) is 11.9. The molecule has 0 aliphatic carbocycles. The van der Waals surface area contributed by atoms with E-state index in [0.29, 0.717) is 17.7 Å². The fraction of sp³-hybridized carbons (Fsp3) is 0.500. The third-order valence-electron chi connectivity index (χ3n) is 3.21. The van der Waals surface area contributed by atoms with E-state index in [1.807, 2.05) is 0 Å². The van der Waals surface area contributed by atoms with Gasteiger partial charge in [-0.3, -0.25) is 4.79 Å². The molecule has 2 rings (SSSR count). The average Bonchev–Trinajstić information content (AvgIpc) is 2.59.